The average molecular weight is 292 g/mol. The summed E-state index contributed by atoms with van der Waals surface area (Å²) < 4.78 is 10.8. The molecule has 1 N–H and O–H groups in total. The second-order valence-electron chi connectivity index (χ2n) is 4.18. The molecule has 0 radical (unpaired) electrons. The number of benzene rings is 1. The van der Waals surface area contributed by atoms with Crippen LogP contribution in [0.4, 0.5) is 5.13 Å². The molecule has 0 aliphatic rings. The first-order valence-electron chi connectivity index (χ1n) is 6.13. The minimum absolute atomic E-state index is 0.245. The van der Waals surface area contributed by atoms with Gasteiger partial charge in [0.1, 0.15) is 0 Å². The summed E-state index contributed by atoms with van der Waals surface area (Å²) in [7, 11) is 1.56. The van der Waals surface area contributed by atoms with E-state index in [1.165, 1.54) is 11.3 Å². The fourth-order valence-electron chi connectivity index (χ4n) is 1.58. The molecular formula is C14H16N2O3S. The minimum Gasteiger partial charge on any atom is -0.493 e. The van der Waals surface area contributed by atoms with Crippen LogP contribution in [0, 0.1) is 6.92 Å². The number of nitrogens with zero attached hydrogens (tertiary/aromatic N) is 1. The molecule has 1 atom stereocenters. The number of methoxy groups -OCH3 is 1. The highest BCUT2D eigenvalue weighted by Gasteiger charge is 2.17. The molecule has 1 unspecified atom stereocenters. The summed E-state index contributed by atoms with van der Waals surface area (Å²) in [6, 6.07) is 7.21. The van der Waals surface area contributed by atoms with Crippen molar-refractivity contribution in [3.63, 3.8) is 0 Å². The predicted octanol–water partition coefficient (Wildman–Crippen LogP) is 2.87. The smallest absolute Gasteiger partial charge is 0.266 e. The number of carbonyl (C=O) groups is 1. The van der Waals surface area contributed by atoms with Gasteiger partial charge >= 0.3 is 0 Å². The molecule has 1 aromatic heterocycles. The Morgan fingerprint density at radius 2 is 2.05 bits per heavy atom. The average Bonchev–Trinajstić information content (AvgIpc) is 2.84. The summed E-state index contributed by atoms with van der Waals surface area (Å²) in [6.07, 6.45) is 1.07. The molecule has 6 heteroatoms. The summed E-state index contributed by atoms with van der Waals surface area (Å²) in [5, 5.41) is 3.30. The molecule has 0 aliphatic heterocycles. The first-order chi connectivity index (χ1) is 9.60. The third kappa shape index (κ3) is 3.48. The zero-order chi connectivity index (χ0) is 14.5. The van der Waals surface area contributed by atoms with E-state index in [0.29, 0.717) is 16.6 Å². The van der Waals surface area contributed by atoms with Crippen LogP contribution in [-0.2, 0) is 4.79 Å². The van der Waals surface area contributed by atoms with Crippen molar-refractivity contribution in [2.75, 3.05) is 12.4 Å². The van der Waals surface area contributed by atoms with Crippen molar-refractivity contribution in [2.45, 2.75) is 20.0 Å². The second kappa shape index (κ2) is 6.38. The van der Waals surface area contributed by atoms with E-state index in [1.54, 1.807) is 32.4 Å². The monoisotopic (exact) mass is 292 g/mol. The summed E-state index contributed by atoms with van der Waals surface area (Å²) in [5.74, 6) is 0.885. The van der Waals surface area contributed by atoms with Crippen LogP contribution in [0.3, 0.4) is 0 Å². The van der Waals surface area contributed by atoms with Crippen LogP contribution in [0.5, 0.6) is 11.5 Å². The van der Waals surface area contributed by atoms with Crippen molar-refractivity contribution < 1.29 is 14.3 Å². The lowest BCUT2D eigenvalue weighted by Crippen LogP contribution is -2.30. The van der Waals surface area contributed by atoms with Crippen LogP contribution < -0.4 is 14.8 Å². The van der Waals surface area contributed by atoms with Crippen LogP contribution in [-0.4, -0.2) is 24.1 Å². The van der Waals surface area contributed by atoms with Gasteiger partial charge in [-0.3, -0.25) is 10.1 Å². The molecule has 1 heterocycles. The molecule has 20 heavy (non-hydrogen) atoms. The molecule has 1 aromatic carbocycles. The number of thiazole rings is 1. The number of hydrogen-bond donors (Lipinski definition) is 1. The predicted molar refractivity (Wildman–Crippen MR) is 78.6 cm³/mol. The van der Waals surface area contributed by atoms with Crippen molar-refractivity contribution >= 4 is 22.4 Å². The molecule has 0 fully saturated rings. The molecule has 0 saturated carbocycles. The number of rotatable bonds is 5. The van der Waals surface area contributed by atoms with Gasteiger partial charge in [0.05, 0.1) is 7.11 Å². The van der Waals surface area contributed by atoms with Crippen molar-refractivity contribution in [3.05, 3.63) is 35.3 Å². The number of para-hydroxylation sites is 2. The third-order valence-electron chi connectivity index (χ3n) is 2.59. The lowest BCUT2D eigenvalue weighted by molar-refractivity contribution is -0.122. The molecule has 0 aliphatic carbocycles. The Bertz CT molecular complexity index is 598. The normalized spacial score (nSPS) is 11.8. The van der Waals surface area contributed by atoms with Crippen molar-refractivity contribution in [3.8, 4) is 11.5 Å². The Morgan fingerprint density at radius 1 is 1.35 bits per heavy atom. The summed E-state index contributed by atoms with van der Waals surface area (Å²) in [5.41, 5.74) is 0. The number of nitrogens with one attached hydrogen (secondary N) is 1. The van der Waals surface area contributed by atoms with E-state index < -0.39 is 6.10 Å². The van der Waals surface area contributed by atoms with Crippen molar-refractivity contribution in [2.24, 2.45) is 0 Å². The quantitative estimate of drug-likeness (QED) is 0.920. The first-order valence-corrected chi connectivity index (χ1v) is 6.94. The molecule has 1 amide bonds. The van der Waals surface area contributed by atoms with Gasteiger partial charge in [-0.2, -0.15) is 0 Å². The highest BCUT2D eigenvalue weighted by Crippen LogP contribution is 2.27. The van der Waals surface area contributed by atoms with Gasteiger partial charge in [0.25, 0.3) is 5.91 Å². The second-order valence-corrected chi connectivity index (χ2v) is 5.41. The number of aromatic nitrogens is 1. The summed E-state index contributed by atoms with van der Waals surface area (Å²) in [4.78, 5) is 17.1. The van der Waals surface area contributed by atoms with Crippen LogP contribution in [0.1, 0.15) is 11.8 Å². The first kappa shape index (κ1) is 14.3. The Balaban J connectivity index is 2.00. The standard InChI is InChI=1S/C14H16N2O3S/c1-9-8-15-14(20-9)16-13(17)10(2)19-12-7-5-4-6-11(12)18-3/h4-8,10H,1-3H3,(H,15,16,17). The number of hydrogen-bond acceptors (Lipinski definition) is 5. The van der Waals surface area contributed by atoms with E-state index in [-0.39, 0.29) is 5.91 Å². The minimum atomic E-state index is -0.643. The van der Waals surface area contributed by atoms with Gasteiger partial charge in [0, 0.05) is 11.1 Å². The van der Waals surface area contributed by atoms with Crippen LogP contribution in [0.15, 0.2) is 30.5 Å². The third-order valence-corrected chi connectivity index (χ3v) is 3.42. The molecule has 0 spiro atoms. The lowest BCUT2D eigenvalue weighted by atomic mass is 10.3. The summed E-state index contributed by atoms with van der Waals surface area (Å²) in [6.45, 7) is 3.62. The van der Waals surface area contributed by atoms with Gasteiger partial charge in [-0.25, -0.2) is 4.98 Å². The van der Waals surface area contributed by atoms with E-state index in [1.807, 2.05) is 19.1 Å². The van der Waals surface area contributed by atoms with Crippen molar-refractivity contribution in [1.29, 1.82) is 0 Å². The Labute approximate surface area is 121 Å². The lowest BCUT2D eigenvalue weighted by Gasteiger charge is -2.15. The summed E-state index contributed by atoms with van der Waals surface area (Å²) >= 11 is 1.42. The van der Waals surface area contributed by atoms with Crippen molar-refractivity contribution in [1.82, 2.24) is 4.98 Å². The van der Waals surface area contributed by atoms with E-state index >= 15 is 0 Å². The van der Waals surface area contributed by atoms with Gasteiger partial charge in [-0.15, -0.1) is 11.3 Å². The van der Waals surface area contributed by atoms with Crippen LogP contribution >= 0.6 is 11.3 Å². The molecule has 2 rings (SSSR count). The molecule has 0 bridgehead atoms. The molecular weight excluding hydrogens is 276 g/mol. The van der Waals surface area contributed by atoms with Gasteiger partial charge in [0.15, 0.2) is 22.7 Å². The van der Waals surface area contributed by atoms with Gasteiger partial charge < -0.3 is 9.47 Å². The SMILES string of the molecule is COc1ccccc1OC(C)C(=O)Nc1ncc(C)s1. The van der Waals surface area contributed by atoms with Gasteiger partial charge in [-0.1, -0.05) is 12.1 Å². The fourth-order valence-corrected chi connectivity index (χ4v) is 2.25. The maximum Gasteiger partial charge on any atom is 0.266 e. The Morgan fingerprint density at radius 3 is 2.65 bits per heavy atom. The Hall–Kier alpha value is -2.08. The van der Waals surface area contributed by atoms with Crippen LogP contribution in [0.25, 0.3) is 0 Å². The van der Waals surface area contributed by atoms with E-state index in [9.17, 15) is 4.79 Å². The molecule has 2 aromatic rings. The highest BCUT2D eigenvalue weighted by atomic mass is 32.1. The molecule has 106 valence electrons. The van der Waals surface area contributed by atoms with E-state index in [4.69, 9.17) is 9.47 Å². The largest absolute Gasteiger partial charge is 0.493 e. The number of ether oxygens (including phenoxy) is 2. The molecule has 5 nitrogen and oxygen atoms in total. The maximum atomic E-state index is 12.0. The fraction of sp³-hybridized carbons (Fsp3) is 0.286. The molecule has 0 saturated heterocycles. The zero-order valence-electron chi connectivity index (χ0n) is 11.5. The maximum absolute atomic E-state index is 12.0. The van der Waals surface area contributed by atoms with E-state index in [0.717, 1.165) is 4.88 Å². The highest BCUT2D eigenvalue weighted by molar-refractivity contribution is 7.15. The number of aryl methyl sites for hydroxylation is 1. The van der Waals surface area contributed by atoms with Gasteiger partial charge in [0.2, 0.25) is 0 Å². The number of amides is 1. The van der Waals surface area contributed by atoms with Crippen LogP contribution in [0.2, 0.25) is 0 Å². The Kier molecular flexibility index (Phi) is 4.57. The van der Waals surface area contributed by atoms with E-state index in [2.05, 4.69) is 10.3 Å². The van der Waals surface area contributed by atoms with Gasteiger partial charge in [-0.05, 0) is 26.0 Å². The zero-order valence-corrected chi connectivity index (χ0v) is 12.4. The number of anilines is 1. The topological polar surface area (TPSA) is 60.5 Å². The number of carbonyl (C=O) groups excluding carboxylic acids is 1.